The molecule has 0 N–H and O–H groups in total. The van der Waals surface area contributed by atoms with Gasteiger partial charge in [-0.2, -0.15) is 0 Å². The van der Waals surface area contributed by atoms with Crippen molar-refractivity contribution < 1.29 is 9.15 Å². The van der Waals surface area contributed by atoms with Crippen molar-refractivity contribution in [1.82, 2.24) is 0 Å². The molecule has 0 amide bonds. The van der Waals surface area contributed by atoms with E-state index in [-0.39, 0.29) is 0 Å². The summed E-state index contributed by atoms with van der Waals surface area (Å²) in [6, 6.07) is 5.90. The van der Waals surface area contributed by atoms with Gasteiger partial charge < -0.3 is 9.15 Å². The number of aryl methyl sites for hydroxylation is 1. The van der Waals surface area contributed by atoms with Gasteiger partial charge in [-0.1, -0.05) is 6.92 Å². The number of fused-ring (bicyclic) bond motifs is 1. The number of methoxy groups -OCH3 is 1. The second kappa shape index (κ2) is 3.13. The van der Waals surface area contributed by atoms with Crippen molar-refractivity contribution in [3.05, 3.63) is 30.0 Å². The zero-order valence-electron chi connectivity index (χ0n) is 7.83. The minimum absolute atomic E-state index is 0.838. The van der Waals surface area contributed by atoms with Crippen LogP contribution in [0, 0.1) is 0 Å². The molecule has 68 valence electrons. The van der Waals surface area contributed by atoms with Crippen LogP contribution in [-0.2, 0) is 6.42 Å². The molecule has 0 fully saturated rings. The molecule has 13 heavy (non-hydrogen) atoms. The lowest BCUT2D eigenvalue weighted by Gasteiger charge is -1.97. The maximum atomic E-state index is 5.40. The van der Waals surface area contributed by atoms with Gasteiger partial charge >= 0.3 is 0 Å². The fraction of sp³-hybridized carbons (Fsp3) is 0.273. The standard InChI is InChI=1S/C11H12O2/c1-3-8-7-13-11-6-9(12-2)4-5-10(8)11/h4-7H,3H2,1-2H3. The fourth-order valence-corrected chi connectivity index (χ4v) is 1.46. The molecule has 0 aliphatic rings. The minimum Gasteiger partial charge on any atom is -0.497 e. The highest BCUT2D eigenvalue weighted by atomic mass is 16.5. The average molecular weight is 176 g/mol. The van der Waals surface area contributed by atoms with Crippen molar-refractivity contribution in [3.63, 3.8) is 0 Å². The first-order chi connectivity index (χ1) is 6.35. The number of benzene rings is 1. The van der Waals surface area contributed by atoms with E-state index >= 15 is 0 Å². The summed E-state index contributed by atoms with van der Waals surface area (Å²) in [5, 5.41) is 1.18. The Labute approximate surface area is 77.1 Å². The van der Waals surface area contributed by atoms with Crippen LogP contribution in [-0.4, -0.2) is 7.11 Å². The van der Waals surface area contributed by atoms with E-state index in [0.29, 0.717) is 0 Å². The van der Waals surface area contributed by atoms with Gasteiger partial charge in [0.05, 0.1) is 13.4 Å². The van der Waals surface area contributed by atoms with E-state index in [0.717, 1.165) is 17.8 Å². The van der Waals surface area contributed by atoms with Gasteiger partial charge in [-0.25, -0.2) is 0 Å². The molecule has 0 bridgehead atoms. The largest absolute Gasteiger partial charge is 0.497 e. The topological polar surface area (TPSA) is 22.4 Å². The van der Waals surface area contributed by atoms with Crippen LogP contribution in [0.1, 0.15) is 12.5 Å². The highest BCUT2D eigenvalue weighted by Crippen LogP contribution is 2.25. The Morgan fingerprint density at radius 3 is 2.92 bits per heavy atom. The molecule has 2 heteroatoms. The molecule has 1 heterocycles. The van der Waals surface area contributed by atoms with E-state index in [4.69, 9.17) is 9.15 Å². The smallest absolute Gasteiger partial charge is 0.137 e. The molecule has 1 aromatic carbocycles. The summed E-state index contributed by atoms with van der Waals surface area (Å²) >= 11 is 0. The SMILES string of the molecule is CCc1coc2cc(OC)ccc12. The first-order valence-corrected chi connectivity index (χ1v) is 4.39. The normalized spacial score (nSPS) is 10.6. The fourth-order valence-electron chi connectivity index (χ4n) is 1.46. The van der Waals surface area contributed by atoms with E-state index in [2.05, 4.69) is 6.92 Å². The maximum Gasteiger partial charge on any atom is 0.137 e. The molecule has 1 aromatic heterocycles. The van der Waals surface area contributed by atoms with Crippen molar-refractivity contribution in [1.29, 1.82) is 0 Å². The van der Waals surface area contributed by atoms with Gasteiger partial charge in [-0.05, 0) is 24.1 Å². The molecule has 0 saturated heterocycles. The lowest BCUT2D eigenvalue weighted by Crippen LogP contribution is -1.81. The molecule has 0 saturated carbocycles. The Kier molecular flexibility index (Phi) is 1.97. The zero-order valence-corrected chi connectivity index (χ0v) is 7.83. The maximum absolute atomic E-state index is 5.40. The van der Waals surface area contributed by atoms with Crippen molar-refractivity contribution in [2.75, 3.05) is 7.11 Å². The second-order valence-electron chi connectivity index (χ2n) is 2.98. The summed E-state index contributed by atoms with van der Waals surface area (Å²) in [5.41, 5.74) is 2.15. The number of furan rings is 1. The Balaban J connectivity index is 2.61. The summed E-state index contributed by atoms with van der Waals surface area (Å²) < 4.78 is 10.5. The zero-order chi connectivity index (χ0) is 9.26. The highest BCUT2D eigenvalue weighted by Gasteiger charge is 2.04. The third kappa shape index (κ3) is 1.28. The molecule has 0 aliphatic heterocycles. The molecule has 0 atom stereocenters. The van der Waals surface area contributed by atoms with E-state index in [1.807, 2.05) is 24.5 Å². The van der Waals surface area contributed by atoms with Crippen LogP contribution in [0.15, 0.2) is 28.9 Å². The minimum atomic E-state index is 0.838. The van der Waals surface area contributed by atoms with Gasteiger partial charge in [0.2, 0.25) is 0 Å². The van der Waals surface area contributed by atoms with Gasteiger partial charge in [0, 0.05) is 11.5 Å². The third-order valence-electron chi connectivity index (χ3n) is 2.24. The van der Waals surface area contributed by atoms with Crippen molar-refractivity contribution in [3.8, 4) is 5.75 Å². The summed E-state index contributed by atoms with van der Waals surface area (Å²) in [7, 11) is 1.66. The molecule has 0 aliphatic carbocycles. The van der Waals surface area contributed by atoms with E-state index in [1.54, 1.807) is 7.11 Å². The van der Waals surface area contributed by atoms with Crippen LogP contribution in [0.4, 0.5) is 0 Å². The number of rotatable bonds is 2. The molecule has 2 nitrogen and oxygen atoms in total. The lowest BCUT2D eigenvalue weighted by molar-refractivity contribution is 0.414. The van der Waals surface area contributed by atoms with Gasteiger partial charge in [0.1, 0.15) is 11.3 Å². The van der Waals surface area contributed by atoms with Crippen molar-refractivity contribution in [2.24, 2.45) is 0 Å². The van der Waals surface area contributed by atoms with Crippen molar-refractivity contribution in [2.45, 2.75) is 13.3 Å². The summed E-state index contributed by atoms with van der Waals surface area (Å²) in [4.78, 5) is 0. The summed E-state index contributed by atoms with van der Waals surface area (Å²) in [6.07, 6.45) is 2.81. The average Bonchev–Trinajstić information content (AvgIpc) is 2.59. The quantitative estimate of drug-likeness (QED) is 0.701. The van der Waals surface area contributed by atoms with Crippen molar-refractivity contribution >= 4 is 11.0 Å². The van der Waals surface area contributed by atoms with E-state index in [1.165, 1.54) is 10.9 Å². The van der Waals surface area contributed by atoms with E-state index in [9.17, 15) is 0 Å². The van der Waals surface area contributed by atoms with Gasteiger partial charge in [-0.3, -0.25) is 0 Å². The van der Waals surface area contributed by atoms with Crippen LogP contribution in [0.5, 0.6) is 5.75 Å². The molecule has 0 unspecified atom stereocenters. The van der Waals surface area contributed by atoms with Crippen LogP contribution < -0.4 is 4.74 Å². The lowest BCUT2D eigenvalue weighted by atomic mass is 10.1. The number of hydrogen-bond acceptors (Lipinski definition) is 2. The molecular formula is C11H12O2. The monoisotopic (exact) mass is 176 g/mol. The third-order valence-corrected chi connectivity index (χ3v) is 2.24. The van der Waals surface area contributed by atoms with Gasteiger partial charge in [-0.15, -0.1) is 0 Å². The Bertz CT molecular complexity index is 415. The Morgan fingerprint density at radius 2 is 2.23 bits per heavy atom. The van der Waals surface area contributed by atoms with Crippen LogP contribution in [0.3, 0.4) is 0 Å². The predicted molar refractivity (Wildman–Crippen MR) is 52.1 cm³/mol. The molecule has 2 rings (SSSR count). The highest BCUT2D eigenvalue weighted by molar-refractivity contribution is 5.82. The Morgan fingerprint density at radius 1 is 1.38 bits per heavy atom. The van der Waals surface area contributed by atoms with Gasteiger partial charge in [0.15, 0.2) is 0 Å². The van der Waals surface area contributed by atoms with Crippen LogP contribution in [0.25, 0.3) is 11.0 Å². The molecule has 0 spiro atoms. The summed E-state index contributed by atoms with van der Waals surface area (Å²) in [6.45, 7) is 2.12. The molecular weight excluding hydrogens is 164 g/mol. The first kappa shape index (κ1) is 8.17. The van der Waals surface area contributed by atoms with Crippen LogP contribution >= 0.6 is 0 Å². The molecule has 2 aromatic rings. The number of hydrogen-bond donors (Lipinski definition) is 0. The first-order valence-electron chi connectivity index (χ1n) is 4.39. The van der Waals surface area contributed by atoms with E-state index < -0.39 is 0 Å². The summed E-state index contributed by atoms with van der Waals surface area (Å²) in [5.74, 6) is 0.838. The van der Waals surface area contributed by atoms with Gasteiger partial charge in [0.25, 0.3) is 0 Å². The molecule has 0 radical (unpaired) electrons. The number of ether oxygens (including phenoxy) is 1. The predicted octanol–water partition coefficient (Wildman–Crippen LogP) is 3.00. The Hall–Kier alpha value is -1.44. The second-order valence-corrected chi connectivity index (χ2v) is 2.98. The van der Waals surface area contributed by atoms with Crippen LogP contribution in [0.2, 0.25) is 0 Å².